The summed E-state index contributed by atoms with van der Waals surface area (Å²) in [6.45, 7) is 3.18. The minimum atomic E-state index is 0.0682. The van der Waals surface area contributed by atoms with E-state index in [1.807, 2.05) is 41.3 Å². The first-order valence-corrected chi connectivity index (χ1v) is 9.22. The molecule has 6 nitrogen and oxygen atoms in total. The maximum Gasteiger partial charge on any atom is 0.241 e. The van der Waals surface area contributed by atoms with Gasteiger partial charge in [-0.25, -0.2) is 0 Å². The molecule has 3 rings (SSSR count). The number of ether oxygens (including phenoxy) is 2. The van der Waals surface area contributed by atoms with Crippen molar-refractivity contribution in [3.05, 3.63) is 47.5 Å². The minimum Gasteiger partial charge on any atom is -0.497 e. The molecule has 27 heavy (non-hydrogen) atoms. The van der Waals surface area contributed by atoms with Crippen LogP contribution in [0.4, 0.5) is 11.4 Å². The van der Waals surface area contributed by atoms with Crippen LogP contribution in [-0.4, -0.2) is 57.8 Å². The maximum atomic E-state index is 12.5. The molecule has 2 aromatic rings. The van der Waals surface area contributed by atoms with Crippen molar-refractivity contribution in [1.82, 2.24) is 4.90 Å². The number of halogens is 1. The van der Waals surface area contributed by atoms with E-state index in [-0.39, 0.29) is 12.5 Å². The second-order valence-corrected chi connectivity index (χ2v) is 6.70. The number of hydrogen-bond donors (Lipinski definition) is 1. The van der Waals surface area contributed by atoms with Crippen LogP contribution in [0.25, 0.3) is 0 Å². The van der Waals surface area contributed by atoms with E-state index in [2.05, 4.69) is 10.2 Å². The number of piperazine rings is 1. The molecule has 0 atom stereocenters. The van der Waals surface area contributed by atoms with Crippen molar-refractivity contribution in [2.45, 2.75) is 0 Å². The van der Waals surface area contributed by atoms with E-state index in [1.54, 1.807) is 20.3 Å². The van der Waals surface area contributed by atoms with Crippen LogP contribution in [0.2, 0.25) is 5.02 Å². The van der Waals surface area contributed by atoms with Gasteiger partial charge >= 0.3 is 0 Å². The van der Waals surface area contributed by atoms with Crippen LogP contribution in [0.3, 0.4) is 0 Å². The van der Waals surface area contributed by atoms with Crippen molar-refractivity contribution < 1.29 is 14.3 Å². The van der Waals surface area contributed by atoms with Crippen LogP contribution in [0.1, 0.15) is 0 Å². The smallest absolute Gasteiger partial charge is 0.241 e. The Morgan fingerprint density at radius 3 is 2.52 bits per heavy atom. The van der Waals surface area contributed by atoms with Gasteiger partial charge < -0.3 is 24.6 Å². The van der Waals surface area contributed by atoms with Crippen molar-refractivity contribution in [1.29, 1.82) is 0 Å². The number of anilines is 2. The minimum absolute atomic E-state index is 0.0682. The Morgan fingerprint density at radius 2 is 1.85 bits per heavy atom. The van der Waals surface area contributed by atoms with Gasteiger partial charge in [-0.15, -0.1) is 0 Å². The normalized spacial score (nSPS) is 14.0. The number of carbonyl (C=O) groups excluding carboxylic acids is 1. The lowest BCUT2D eigenvalue weighted by molar-refractivity contribution is -0.129. The second kappa shape index (κ2) is 8.86. The molecule has 1 amide bonds. The van der Waals surface area contributed by atoms with Gasteiger partial charge in [0.15, 0.2) is 0 Å². The summed E-state index contributed by atoms with van der Waals surface area (Å²) in [5, 5.41) is 3.89. The molecule has 1 aliphatic rings. The van der Waals surface area contributed by atoms with E-state index >= 15 is 0 Å². The Morgan fingerprint density at radius 1 is 1.07 bits per heavy atom. The van der Waals surface area contributed by atoms with Crippen molar-refractivity contribution in [3.63, 3.8) is 0 Å². The number of benzene rings is 2. The van der Waals surface area contributed by atoms with Crippen LogP contribution in [0.15, 0.2) is 42.5 Å². The lowest BCUT2D eigenvalue weighted by Crippen LogP contribution is -2.50. The van der Waals surface area contributed by atoms with Crippen molar-refractivity contribution in [2.24, 2.45) is 0 Å². The quantitative estimate of drug-likeness (QED) is 0.822. The van der Waals surface area contributed by atoms with E-state index in [4.69, 9.17) is 21.1 Å². The Labute approximate surface area is 164 Å². The van der Waals surface area contributed by atoms with Crippen LogP contribution >= 0.6 is 11.6 Å². The summed E-state index contributed by atoms with van der Waals surface area (Å²) >= 11 is 6.07. The zero-order valence-electron chi connectivity index (χ0n) is 15.6. The highest BCUT2D eigenvalue weighted by molar-refractivity contribution is 6.30. The molecule has 0 aromatic heterocycles. The third-order valence-corrected chi connectivity index (χ3v) is 4.88. The molecule has 7 heteroatoms. The summed E-state index contributed by atoms with van der Waals surface area (Å²) in [6.07, 6.45) is 0. The lowest BCUT2D eigenvalue weighted by atomic mass is 10.2. The Hall–Kier alpha value is -2.60. The number of rotatable bonds is 6. The van der Waals surface area contributed by atoms with Gasteiger partial charge in [0.1, 0.15) is 11.5 Å². The molecule has 1 aliphatic heterocycles. The Bertz CT molecular complexity index is 792. The first-order chi connectivity index (χ1) is 13.1. The van der Waals surface area contributed by atoms with Crippen LogP contribution in [0, 0.1) is 0 Å². The Kier molecular flexibility index (Phi) is 6.29. The van der Waals surface area contributed by atoms with Gasteiger partial charge in [0, 0.05) is 43.0 Å². The maximum absolute atomic E-state index is 12.5. The lowest BCUT2D eigenvalue weighted by Gasteiger charge is -2.36. The highest BCUT2D eigenvalue weighted by atomic mass is 35.5. The van der Waals surface area contributed by atoms with Crippen molar-refractivity contribution >= 4 is 28.9 Å². The second-order valence-electron chi connectivity index (χ2n) is 6.27. The molecule has 0 bridgehead atoms. The number of methoxy groups -OCH3 is 2. The van der Waals surface area contributed by atoms with Crippen LogP contribution in [-0.2, 0) is 4.79 Å². The average Bonchev–Trinajstić information content (AvgIpc) is 2.72. The van der Waals surface area contributed by atoms with E-state index in [0.29, 0.717) is 24.6 Å². The fourth-order valence-corrected chi connectivity index (χ4v) is 3.30. The van der Waals surface area contributed by atoms with E-state index in [1.165, 1.54) is 0 Å². The van der Waals surface area contributed by atoms with E-state index < -0.39 is 0 Å². The van der Waals surface area contributed by atoms with Gasteiger partial charge in [-0.2, -0.15) is 0 Å². The third-order valence-electron chi connectivity index (χ3n) is 4.64. The number of nitrogens with one attached hydrogen (secondary N) is 1. The predicted molar refractivity (Wildman–Crippen MR) is 108 cm³/mol. The molecule has 1 fully saturated rings. The molecule has 1 heterocycles. The Balaban J connectivity index is 1.53. The standard InChI is InChI=1S/C20H24ClN3O3/c1-26-17-6-7-18(19(13-17)27-2)22-14-20(25)24-10-8-23(9-11-24)16-5-3-4-15(21)12-16/h3-7,12-13,22H,8-11,14H2,1-2H3. The van der Waals surface area contributed by atoms with E-state index in [0.717, 1.165) is 29.5 Å². The monoisotopic (exact) mass is 389 g/mol. The zero-order valence-corrected chi connectivity index (χ0v) is 16.3. The van der Waals surface area contributed by atoms with Gasteiger partial charge in [-0.1, -0.05) is 17.7 Å². The number of nitrogens with zero attached hydrogens (tertiary/aromatic N) is 2. The number of carbonyl (C=O) groups is 1. The highest BCUT2D eigenvalue weighted by Crippen LogP contribution is 2.29. The van der Waals surface area contributed by atoms with E-state index in [9.17, 15) is 4.79 Å². The van der Waals surface area contributed by atoms with Gasteiger partial charge in [0.2, 0.25) is 5.91 Å². The summed E-state index contributed by atoms with van der Waals surface area (Å²) in [5.74, 6) is 1.42. The first-order valence-electron chi connectivity index (χ1n) is 8.85. The van der Waals surface area contributed by atoms with Gasteiger partial charge in [0.05, 0.1) is 26.5 Å². The average molecular weight is 390 g/mol. The molecular formula is C20H24ClN3O3. The molecule has 0 spiro atoms. The zero-order chi connectivity index (χ0) is 19.2. The summed E-state index contributed by atoms with van der Waals surface area (Å²) in [5.41, 5.74) is 1.86. The third kappa shape index (κ3) is 4.77. The van der Waals surface area contributed by atoms with Crippen molar-refractivity contribution in [2.75, 3.05) is 57.2 Å². The van der Waals surface area contributed by atoms with Crippen LogP contribution in [0.5, 0.6) is 11.5 Å². The summed E-state index contributed by atoms with van der Waals surface area (Å²) in [7, 11) is 3.20. The predicted octanol–water partition coefficient (Wildman–Crippen LogP) is 3.12. The van der Waals surface area contributed by atoms with Crippen LogP contribution < -0.4 is 19.7 Å². The molecule has 0 saturated carbocycles. The van der Waals surface area contributed by atoms with Gasteiger partial charge in [-0.3, -0.25) is 4.79 Å². The molecule has 0 radical (unpaired) electrons. The van der Waals surface area contributed by atoms with Crippen molar-refractivity contribution in [3.8, 4) is 11.5 Å². The SMILES string of the molecule is COc1ccc(NCC(=O)N2CCN(c3cccc(Cl)c3)CC2)c(OC)c1. The summed E-state index contributed by atoms with van der Waals surface area (Å²) in [4.78, 5) is 16.7. The molecule has 144 valence electrons. The molecule has 1 N–H and O–H groups in total. The van der Waals surface area contributed by atoms with Gasteiger partial charge in [0.25, 0.3) is 0 Å². The number of amides is 1. The fourth-order valence-electron chi connectivity index (χ4n) is 3.11. The summed E-state index contributed by atoms with van der Waals surface area (Å²) in [6, 6.07) is 13.3. The topological polar surface area (TPSA) is 54.0 Å². The largest absolute Gasteiger partial charge is 0.497 e. The fraction of sp³-hybridized carbons (Fsp3) is 0.350. The number of hydrogen-bond acceptors (Lipinski definition) is 5. The molecule has 2 aromatic carbocycles. The molecular weight excluding hydrogens is 366 g/mol. The highest BCUT2D eigenvalue weighted by Gasteiger charge is 2.21. The van der Waals surface area contributed by atoms with Gasteiger partial charge in [-0.05, 0) is 30.3 Å². The summed E-state index contributed by atoms with van der Waals surface area (Å²) < 4.78 is 10.5. The first kappa shape index (κ1) is 19.2. The molecule has 0 unspecified atom stereocenters. The molecule has 0 aliphatic carbocycles. The molecule has 1 saturated heterocycles.